The highest BCUT2D eigenvalue weighted by Crippen LogP contribution is 2.63. The van der Waals surface area contributed by atoms with Crippen LogP contribution in [0.2, 0.25) is 0 Å². The summed E-state index contributed by atoms with van der Waals surface area (Å²) in [5, 5.41) is 30.6. The van der Waals surface area contributed by atoms with Gasteiger partial charge in [-0.15, -0.1) is 0 Å². The highest BCUT2D eigenvalue weighted by molar-refractivity contribution is 5.66. The van der Waals surface area contributed by atoms with Crippen LogP contribution in [-0.2, 0) is 4.79 Å². The van der Waals surface area contributed by atoms with E-state index in [1.807, 2.05) is 0 Å². The fourth-order valence-corrected chi connectivity index (χ4v) is 7.82. The molecule has 0 saturated heterocycles. The van der Waals surface area contributed by atoms with E-state index in [0.717, 1.165) is 38.5 Å². The van der Waals surface area contributed by atoms with Gasteiger partial charge >= 0.3 is 5.97 Å². The minimum Gasteiger partial charge on any atom is -0.481 e. The second-order valence-corrected chi connectivity index (χ2v) is 11.0. The lowest BCUT2D eigenvalue weighted by Crippen LogP contribution is -2.50. The molecule has 3 N–H and O–H groups in total. The molecule has 2 unspecified atom stereocenters. The molecule has 0 aliphatic heterocycles. The average Bonchev–Trinajstić information content (AvgIpc) is 3.01. The Labute approximate surface area is 177 Å². The number of fused-ring (bicyclic) bond motifs is 3. The third kappa shape index (κ3) is 5.01. The molecule has 3 rings (SSSR count). The van der Waals surface area contributed by atoms with E-state index < -0.39 is 5.97 Å². The molecule has 3 aliphatic rings. The highest BCUT2D eigenvalue weighted by Gasteiger charge is 2.57. The Morgan fingerprint density at radius 1 is 1.17 bits per heavy atom. The molecule has 9 atom stereocenters. The van der Waals surface area contributed by atoms with Gasteiger partial charge in [0, 0.05) is 6.42 Å². The molecule has 0 amide bonds. The molecule has 0 aromatic rings. The third-order valence-electron chi connectivity index (χ3n) is 9.20. The SMILES string of the molecule is CCCC[C@@H](O)C[C@@H]1CC2CC[C@@]3(C)C(CC[C@@H]3[C@H](C)CCC(=O)O)[C@@H]2[C@@H](O)C1. The molecule has 0 bridgehead atoms. The molecular formula is C25H44O4. The Bertz CT molecular complexity index is 549. The van der Waals surface area contributed by atoms with Gasteiger partial charge in [0.15, 0.2) is 0 Å². The fraction of sp³-hybridized carbons (Fsp3) is 0.960. The van der Waals surface area contributed by atoms with Crippen molar-refractivity contribution in [3.05, 3.63) is 0 Å². The third-order valence-corrected chi connectivity index (χ3v) is 9.20. The van der Waals surface area contributed by atoms with Crippen molar-refractivity contribution in [2.45, 2.75) is 110 Å². The summed E-state index contributed by atoms with van der Waals surface area (Å²) < 4.78 is 0. The molecule has 168 valence electrons. The quantitative estimate of drug-likeness (QED) is 0.486. The average molecular weight is 409 g/mol. The Kier molecular flexibility index (Phi) is 7.70. The number of hydrogen-bond donors (Lipinski definition) is 3. The first-order chi connectivity index (χ1) is 13.8. The lowest BCUT2D eigenvalue weighted by Gasteiger charge is -2.54. The summed E-state index contributed by atoms with van der Waals surface area (Å²) in [4.78, 5) is 11.0. The monoisotopic (exact) mass is 408 g/mol. The summed E-state index contributed by atoms with van der Waals surface area (Å²) in [6.07, 6.45) is 11.4. The molecule has 3 saturated carbocycles. The summed E-state index contributed by atoms with van der Waals surface area (Å²) in [6.45, 7) is 6.85. The zero-order valence-corrected chi connectivity index (χ0v) is 18.9. The van der Waals surface area contributed by atoms with E-state index in [9.17, 15) is 15.0 Å². The molecule has 0 aromatic heterocycles. The predicted octanol–water partition coefficient (Wildman–Crippen LogP) is 5.26. The van der Waals surface area contributed by atoms with E-state index in [0.29, 0.717) is 35.5 Å². The summed E-state index contributed by atoms with van der Waals surface area (Å²) in [5.74, 6) is 2.42. The van der Waals surface area contributed by atoms with Crippen molar-refractivity contribution in [3.63, 3.8) is 0 Å². The molecular weight excluding hydrogens is 364 g/mol. The summed E-state index contributed by atoms with van der Waals surface area (Å²) >= 11 is 0. The van der Waals surface area contributed by atoms with Crippen molar-refractivity contribution in [1.29, 1.82) is 0 Å². The van der Waals surface area contributed by atoms with Crippen LogP contribution in [0.1, 0.15) is 97.8 Å². The van der Waals surface area contributed by atoms with Gasteiger partial charge in [-0.05, 0) is 98.7 Å². The maximum Gasteiger partial charge on any atom is 0.303 e. The normalized spacial score (nSPS) is 41.4. The molecule has 0 spiro atoms. The van der Waals surface area contributed by atoms with Gasteiger partial charge in [-0.3, -0.25) is 4.79 Å². The zero-order valence-electron chi connectivity index (χ0n) is 18.9. The van der Waals surface area contributed by atoms with Crippen LogP contribution in [0.3, 0.4) is 0 Å². The van der Waals surface area contributed by atoms with E-state index in [4.69, 9.17) is 5.11 Å². The molecule has 0 radical (unpaired) electrons. The van der Waals surface area contributed by atoms with E-state index in [-0.39, 0.29) is 24.0 Å². The van der Waals surface area contributed by atoms with Crippen LogP contribution in [0, 0.1) is 40.9 Å². The van der Waals surface area contributed by atoms with Crippen LogP contribution < -0.4 is 0 Å². The largest absolute Gasteiger partial charge is 0.481 e. The van der Waals surface area contributed by atoms with E-state index in [1.54, 1.807) is 0 Å². The molecule has 29 heavy (non-hydrogen) atoms. The van der Waals surface area contributed by atoms with Crippen LogP contribution in [0.25, 0.3) is 0 Å². The lowest BCUT2D eigenvalue weighted by molar-refractivity contribution is -0.137. The number of unbranched alkanes of at least 4 members (excludes halogenated alkanes) is 1. The van der Waals surface area contributed by atoms with E-state index in [2.05, 4.69) is 20.8 Å². The number of aliphatic hydroxyl groups is 2. The fourth-order valence-electron chi connectivity index (χ4n) is 7.82. The Hall–Kier alpha value is -0.610. The standard InChI is InChI=1S/C25H44O4/c1-4-5-6-19(26)14-17-13-18-11-12-25(3)20(16(2)7-10-23(28)29)8-9-21(25)24(18)22(27)15-17/h16-22,24,26-27H,4-15H2,1-3H3,(H,28,29)/t16-,17+,18?,19-,20-,21?,22+,24-,25-/m1/s1. The van der Waals surface area contributed by atoms with Crippen molar-refractivity contribution < 1.29 is 20.1 Å². The Morgan fingerprint density at radius 2 is 1.93 bits per heavy atom. The molecule has 0 aromatic carbocycles. The van der Waals surface area contributed by atoms with Crippen molar-refractivity contribution in [2.75, 3.05) is 0 Å². The molecule has 3 fully saturated rings. The van der Waals surface area contributed by atoms with Crippen LogP contribution >= 0.6 is 0 Å². The summed E-state index contributed by atoms with van der Waals surface area (Å²) in [7, 11) is 0. The summed E-state index contributed by atoms with van der Waals surface area (Å²) in [6, 6.07) is 0. The van der Waals surface area contributed by atoms with Gasteiger partial charge in [-0.25, -0.2) is 0 Å². The van der Waals surface area contributed by atoms with Gasteiger partial charge in [0.25, 0.3) is 0 Å². The zero-order chi connectivity index (χ0) is 21.2. The molecule has 4 nitrogen and oxygen atoms in total. The number of aliphatic carboxylic acids is 1. The first-order valence-electron chi connectivity index (χ1n) is 12.3. The highest BCUT2D eigenvalue weighted by atomic mass is 16.4. The molecule has 0 heterocycles. The van der Waals surface area contributed by atoms with E-state index >= 15 is 0 Å². The number of carbonyl (C=O) groups is 1. The van der Waals surface area contributed by atoms with Gasteiger partial charge < -0.3 is 15.3 Å². The van der Waals surface area contributed by atoms with Gasteiger partial charge in [0.05, 0.1) is 12.2 Å². The number of carboxylic acids is 1. The Balaban J connectivity index is 1.62. The van der Waals surface area contributed by atoms with Gasteiger partial charge in [-0.2, -0.15) is 0 Å². The number of rotatable bonds is 9. The van der Waals surface area contributed by atoms with Crippen molar-refractivity contribution in [2.24, 2.45) is 40.9 Å². The van der Waals surface area contributed by atoms with Crippen LogP contribution in [-0.4, -0.2) is 33.5 Å². The summed E-state index contributed by atoms with van der Waals surface area (Å²) in [5.41, 5.74) is 0.257. The second kappa shape index (κ2) is 9.68. The number of carboxylic acid groups (broad SMARTS) is 1. The van der Waals surface area contributed by atoms with E-state index in [1.165, 1.54) is 32.1 Å². The van der Waals surface area contributed by atoms with Gasteiger partial charge in [0.1, 0.15) is 0 Å². The first kappa shape index (κ1) is 23.1. The number of hydrogen-bond acceptors (Lipinski definition) is 3. The maximum absolute atomic E-state index is 11.2. The second-order valence-electron chi connectivity index (χ2n) is 11.0. The topological polar surface area (TPSA) is 77.8 Å². The minimum absolute atomic E-state index is 0.205. The predicted molar refractivity (Wildman–Crippen MR) is 115 cm³/mol. The first-order valence-corrected chi connectivity index (χ1v) is 12.3. The Morgan fingerprint density at radius 3 is 2.62 bits per heavy atom. The molecule has 3 aliphatic carbocycles. The smallest absolute Gasteiger partial charge is 0.303 e. The number of aliphatic hydroxyl groups excluding tert-OH is 2. The maximum atomic E-state index is 11.2. The van der Waals surface area contributed by atoms with Crippen molar-refractivity contribution in [1.82, 2.24) is 0 Å². The van der Waals surface area contributed by atoms with Gasteiger partial charge in [-0.1, -0.05) is 33.6 Å². The van der Waals surface area contributed by atoms with Gasteiger partial charge in [0.2, 0.25) is 0 Å². The van der Waals surface area contributed by atoms with Crippen LogP contribution in [0.5, 0.6) is 0 Å². The molecule has 4 heteroatoms. The van der Waals surface area contributed by atoms with Crippen molar-refractivity contribution >= 4 is 5.97 Å². The minimum atomic E-state index is -0.685. The van der Waals surface area contributed by atoms with Crippen LogP contribution in [0.4, 0.5) is 0 Å². The van der Waals surface area contributed by atoms with Crippen molar-refractivity contribution in [3.8, 4) is 0 Å². The van der Waals surface area contributed by atoms with Crippen LogP contribution in [0.15, 0.2) is 0 Å². The lowest BCUT2D eigenvalue weighted by atomic mass is 9.52.